The lowest BCUT2D eigenvalue weighted by molar-refractivity contribution is -0.141. The van der Waals surface area contributed by atoms with Gasteiger partial charge in [0.15, 0.2) is 11.5 Å². The lowest BCUT2D eigenvalue weighted by Gasteiger charge is -2.42. The highest BCUT2D eigenvalue weighted by Crippen LogP contribution is 2.24. The molecule has 2 aliphatic heterocycles. The Labute approximate surface area is 159 Å². The number of likely N-dealkylation sites (tertiary alicyclic amines) is 1. The minimum Gasteiger partial charge on any atom is -0.350 e. The zero-order valence-corrected chi connectivity index (χ0v) is 15.5. The third-order valence-electron chi connectivity index (χ3n) is 5.33. The van der Waals surface area contributed by atoms with Crippen molar-refractivity contribution >= 4 is 17.6 Å². The minimum atomic E-state index is -0.0693. The SMILES string of the molecule is C=CC(=O)N1CCC(C(=O)N2CCN(c3nccnc3C#N)CC2C)CC1. The van der Waals surface area contributed by atoms with E-state index >= 15 is 0 Å². The summed E-state index contributed by atoms with van der Waals surface area (Å²) in [6.07, 6.45) is 5.79. The summed E-state index contributed by atoms with van der Waals surface area (Å²) in [7, 11) is 0. The van der Waals surface area contributed by atoms with Crippen molar-refractivity contribution < 1.29 is 9.59 Å². The second-order valence-corrected chi connectivity index (χ2v) is 6.97. The van der Waals surface area contributed by atoms with Crippen molar-refractivity contribution in [3.63, 3.8) is 0 Å². The smallest absolute Gasteiger partial charge is 0.245 e. The van der Waals surface area contributed by atoms with E-state index in [0.29, 0.717) is 57.1 Å². The molecule has 0 radical (unpaired) electrons. The van der Waals surface area contributed by atoms with E-state index in [2.05, 4.69) is 22.6 Å². The first kappa shape index (κ1) is 18.8. The van der Waals surface area contributed by atoms with E-state index in [1.807, 2.05) is 16.7 Å². The molecule has 142 valence electrons. The van der Waals surface area contributed by atoms with Crippen molar-refractivity contribution in [2.45, 2.75) is 25.8 Å². The van der Waals surface area contributed by atoms with Crippen LogP contribution in [-0.4, -0.2) is 70.3 Å². The van der Waals surface area contributed by atoms with Gasteiger partial charge < -0.3 is 14.7 Å². The summed E-state index contributed by atoms with van der Waals surface area (Å²) in [5.41, 5.74) is 0.309. The zero-order valence-electron chi connectivity index (χ0n) is 15.5. The van der Waals surface area contributed by atoms with Crippen LogP contribution >= 0.6 is 0 Å². The predicted octanol–water partition coefficient (Wildman–Crippen LogP) is 0.810. The van der Waals surface area contributed by atoms with Crippen LogP contribution in [0, 0.1) is 17.2 Å². The van der Waals surface area contributed by atoms with Gasteiger partial charge in [-0.2, -0.15) is 5.26 Å². The zero-order chi connectivity index (χ0) is 19.4. The molecule has 0 bridgehead atoms. The number of hydrogen-bond donors (Lipinski definition) is 0. The number of hydrogen-bond acceptors (Lipinski definition) is 6. The van der Waals surface area contributed by atoms with Crippen LogP contribution in [0.2, 0.25) is 0 Å². The fourth-order valence-corrected chi connectivity index (χ4v) is 3.83. The van der Waals surface area contributed by atoms with Crippen molar-refractivity contribution in [2.24, 2.45) is 5.92 Å². The number of carbonyl (C=O) groups excluding carboxylic acids is 2. The number of nitrogens with zero attached hydrogens (tertiary/aromatic N) is 6. The summed E-state index contributed by atoms with van der Waals surface area (Å²) in [5.74, 6) is 0.627. The van der Waals surface area contributed by atoms with Crippen molar-refractivity contribution in [2.75, 3.05) is 37.6 Å². The van der Waals surface area contributed by atoms with Gasteiger partial charge in [0.2, 0.25) is 11.8 Å². The average Bonchev–Trinajstić information content (AvgIpc) is 2.72. The molecule has 1 aromatic heterocycles. The molecule has 2 saturated heterocycles. The van der Waals surface area contributed by atoms with Crippen LogP contribution in [0.25, 0.3) is 0 Å². The number of rotatable bonds is 3. The largest absolute Gasteiger partial charge is 0.350 e. The number of piperidine rings is 1. The Morgan fingerprint density at radius 1 is 1.22 bits per heavy atom. The van der Waals surface area contributed by atoms with Crippen LogP contribution in [0.3, 0.4) is 0 Å². The van der Waals surface area contributed by atoms with Crippen LogP contribution in [0.1, 0.15) is 25.5 Å². The van der Waals surface area contributed by atoms with E-state index in [1.165, 1.54) is 12.3 Å². The molecule has 8 heteroatoms. The van der Waals surface area contributed by atoms with Crippen LogP contribution < -0.4 is 4.90 Å². The second kappa shape index (κ2) is 8.16. The van der Waals surface area contributed by atoms with Crippen molar-refractivity contribution in [1.29, 1.82) is 5.26 Å². The van der Waals surface area contributed by atoms with Crippen molar-refractivity contribution in [1.82, 2.24) is 19.8 Å². The van der Waals surface area contributed by atoms with E-state index in [0.717, 1.165) is 0 Å². The lowest BCUT2D eigenvalue weighted by atomic mass is 9.94. The third kappa shape index (κ3) is 3.92. The maximum atomic E-state index is 13.0. The topological polar surface area (TPSA) is 93.4 Å². The van der Waals surface area contributed by atoms with Crippen molar-refractivity contribution in [3.8, 4) is 6.07 Å². The molecular weight excluding hydrogens is 344 g/mol. The Kier molecular flexibility index (Phi) is 5.69. The molecule has 27 heavy (non-hydrogen) atoms. The van der Waals surface area contributed by atoms with Gasteiger partial charge >= 0.3 is 0 Å². The van der Waals surface area contributed by atoms with Gasteiger partial charge in [-0.05, 0) is 25.8 Å². The Bertz CT molecular complexity index is 766. The first-order valence-electron chi connectivity index (χ1n) is 9.23. The molecule has 2 amide bonds. The van der Waals surface area contributed by atoms with Gasteiger partial charge in [0, 0.05) is 57.1 Å². The molecule has 0 aromatic carbocycles. The molecule has 0 spiro atoms. The van der Waals surface area contributed by atoms with Gasteiger partial charge in [0.05, 0.1) is 0 Å². The van der Waals surface area contributed by atoms with E-state index in [9.17, 15) is 14.9 Å². The summed E-state index contributed by atoms with van der Waals surface area (Å²) >= 11 is 0. The quantitative estimate of drug-likeness (QED) is 0.733. The number of aromatic nitrogens is 2. The van der Waals surface area contributed by atoms with Gasteiger partial charge in [0.25, 0.3) is 0 Å². The average molecular weight is 368 g/mol. The maximum Gasteiger partial charge on any atom is 0.245 e. The minimum absolute atomic E-state index is 0.0210. The summed E-state index contributed by atoms with van der Waals surface area (Å²) < 4.78 is 0. The Hall–Kier alpha value is -2.95. The van der Waals surface area contributed by atoms with Crippen LogP contribution in [0.5, 0.6) is 0 Å². The molecule has 3 rings (SSSR count). The van der Waals surface area contributed by atoms with E-state index in [4.69, 9.17) is 0 Å². The monoisotopic (exact) mass is 368 g/mol. The Morgan fingerprint density at radius 2 is 1.93 bits per heavy atom. The van der Waals surface area contributed by atoms with Crippen LogP contribution in [0.15, 0.2) is 25.0 Å². The summed E-state index contributed by atoms with van der Waals surface area (Å²) in [5, 5.41) is 9.23. The number of amides is 2. The van der Waals surface area contributed by atoms with Gasteiger partial charge in [-0.25, -0.2) is 9.97 Å². The molecule has 0 N–H and O–H groups in total. The Morgan fingerprint density at radius 3 is 2.56 bits per heavy atom. The molecule has 8 nitrogen and oxygen atoms in total. The highest BCUT2D eigenvalue weighted by atomic mass is 16.2. The normalized spacial score (nSPS) is 20.9. The standard InChI is InChI=1S/C19H24N6O2/c1-3-17(26)23-8-4-15(5-9-23)19(27)25-11-10-24(13-14(25)2)18-16(12-20)21-6-7-22-18/h3,6-7,14-15H,1,4-5,8-11,13H2,2H3. The van der Waals surface area contributed by atoms with Gasteiger partial charge in [0.1, 0.15) is 6.07 Å². The summed E-state index contributed by atoms with van der Waals surface area (Å²) in [6, 6.07) is 2.10. The molecule has 1 atom stereocenters. The molecule has 1 unspecified atom stereocenters. The Balaban J connectivity index is 1.60. The first-order chi connectivity index (χ1) is 13.0. The molecule has 0 aliphatic carbocycles. The first-order valence-corrected chi connectivity index (χ1v) is 9.23. The summed E-state index contributed by atoms with van der Waals surface area (Å²) in [4.78, 5) is 38.7. The summed E-state index contributed by atoms with van der Waals surface area (Å²) in [6.45, 7) is 8.56. The maximum absolute atomic E-state index is 13.0. The second-order valence-electron chi connectivity index (χ2n) is 6.97. The number of carbonyl (C=O) groups is 2. The number of piperazine rings is 1. The van der Waals surface area contributed by atoms with E-state index < -0.39 is 0 Å². The van der Waals surface area contributed by atoms with E-state index in [-0.39, 0.29) is 23.8 Å². The van der Waals surface area contributed by atoms with Gasteiger partial charge in [-0.1, -0.05) is 6.58 Å². The molecule has 3 heterocycles. The lowest BCUT2D eigenvalue weighted by Crippen LogP contribution is -2.56. The molecule has 2 fully saturated rings. The predicted molar refractivity (Wildman–Crippen MR) is 99.6 cm³/mol. The number of anilines is 1. The molecule has 0 saturated carbocycles. The van der Waals surface area contributed by atoms with Crippen LogP contribution in [0.4, 0.5) is 5.82 Å². The number of nitriles is 1. The highest BCUT2D eigenvalue weighted by molar-refractivity contribution is 5.87. The van der Waals surface area contributed by atoms with E-state index in [1.54, 1.807) is 11.1 Å². The van der Waals surface area contributed by atoms with Crippen LogP contribution in [-0.2, 0) is 9.59 Å². The fourth-order valence-electron chi connectivity index (χ4n) is 3.83. The molecular formula is C19H24N6O2. The molecule has 1 aromatic rings. The van der Waals surface area contributed by atoms with Crippen molar-refractivity contribution in [3.05, 3.63) is 30.7 Å². The van der Waals surface area contributed by atoms with Gasteiger partial charge in [-0.3, -0.25) is 9.59 Å². The fraction of sp³-hybridized carbons (Fsp3) is 0.526. The third-order valence-corrected chi connectivity index (χ3v) is 5.33. The van der Waals surface area contributed by atoms with Gasteiger partial charge in [-0.15, -0.1) is 0 Å². The highest BCUT2D eigenvalue weighted by Gasteiger charge is 2.34. The molecule has 2 aliphatic rings.